The minimum absolute atomic E-state index is 0.00607. The van der Waals surface area contributed by atoms with Gasteiger partial charge in [-0.25, -0.2) is 0 Å². The molecule has 356 valence electrons. The summed E-state index contributed by atoms with van der Waals surface area (Å²) in [5.41, 5.74) is 24.5. The Labute approximate surface area is 429 Å². The van der Waals surface area contributed by atoms with Gasteiger partial charge in [-0.1, -0.05) is 146 Å². The van der Waals surface area contributed by atoms with Crippen LogP contribution < -0.4 is 25.5 Å². The van der Waals surface area contributed by atoms with Gasteiger partial charge in [0.05, 0.1) is 11.2 Å². The molecule has 9 aromatic rings. The molecule has 7 aromatic carbocycles. The number of nitrogens with zero attached hydrogens (tertiary/aromatic N) is 2. The number of hydrogen-bond donors (Lipinski definition) is 0. The smallest absolute Gasteiger partial charge is 0.264 e. The number of furan rings is 1. The lowest BCUT2D eigenvalue weighted by atomic mass is 9.36. The van der Waals surface area contributed by atoms with Crippen LogP contribution in [0.15, 0.2) is 132 Å². The van der Waals surface area contributed by atoms with E-state index in [-0.39, 0.29) is 33.9 Å². The first-order valence-electron chi connectivity index (χ1n) is 27.4. The molecule has 5 heterocycles. The van der Waals surface area contributed by atoms with Gasteiger partial charge in [0.25, 0.3) is 6.71 Å². The molecule has 2 aromatic heterocycles. The highest BCUT2D eigenvalue weighted by Crippen LogP contribution is 2.69. The largest absolute Gasteiger partial charge is 0.455 e. The second kappa shape index (κ2) is 13.8. The lowest BCUT2D eigenvalue weighted by Gasteiger charge is -2.52. The fraction of sp³-hybridized carbons (Fsp3) is 0.343. The fourth-order valence-electron chi connectivity index (χ4n) is 16.8. The number of fused-ring (bicyclic) bond motifs is 15. The first-order valence-corrected chi connectivity index (χ1v) is 28.2. The van der Waals surface area contributed by atoms with E-state index in [2.05, 4.69) is 204 Å². The summed E-state index contributed by atoms with van der Waals surface area (Å²) in [5.74, 6) is 1.36. The SMILES string of the molecule is CC(C)(C)c1cc2c3c(c1)C1(C)CCCCC1(C)N3c1cc(-c3cccc4c3oc3ccccc34)cc3c1B2c1sc2ccc(C(C)(C)C)cc2c1N3c1ccc2c(c1)C1(c3ccccc3-2)C2CCC1CC2. The zero-order valence-corrected chi connectivity index (χ0v) is 44.0. The summed E-state index contributed by atoms with van der Waals surface area (Å²) in [7, 11) is 0. The molecule has 0 N–H and O–H groups in total. The molecule has 3 saturated carbocycles. The van der Waals surface area contributed by atoms with Crippen molar-refractivity contribution in [3.63, 3.8) is 0 Å². The summed E-state index contributed by atoms with van der Waals surface area (Å²) >= 11 is 2.06. The van der Waals surface area contributed by atoms with E-state index in [9.17, 15) is 0 Å². The molecule has 3 aliphatic heterocycles. The molecule has 3 fully saturated rings. The minimum atomic E-state index is -0.109. The first kappa shape index (κ1) is 42.5. The Hall–Kier alpha value is -6.04. The number of benzene rings is 7. The van der Waals surface area contributed by atoms with Crippen molar-refractivity contribution in [3.05, 3.63) is 155 Å². The third kappa shape index (κ3) is 5.06. The van der Waals surface area contributed by atoms with E-state index in [1.165, 1.54) is 138 Å². The number of para-hydroxylation sites is 2. The van der Waals surface area contributed by atoms with Gasteiger partial charge in [0.15, 0.2) is 0 Å². The average Bonchev–Trinajstić information content (AvgIpc) is 4.22. The zero-order chi connectivity index (χ0) is 48.6. The van der Waals surface area contributed by atoms with Crippen LogP contribution in [0.1, 0.15) is 135 Å². The zero-order valence-electron chi connectivity index (χ0n) is 43.2. The molecule has 2 bridgehead atoms. The molecule has 16 rings (SSSR count). The summed E-state index contributed by atoms with van der Waals surface area (Å²) in [6.45, 7) is 19.8. The third-order valence-electron chi connectivity index (χ3n) is 20.5. The first-order chi connectivity index (χ1) is 34.7. The van der Waals surface area contributed by atoms with Crippen molar-refractivity contribution in [2.45, 2.75) is 134 Å². The standard InChI is InChI=1S/C67H63BN2OS/c1-63(2,3)41-26-29-57-49(34-41)59-62(72-57)68-53-36-42(64(4,5)6)35-52-60(53)70(66(8)31-14-13-30-65(52,66)7)55-33-38(44-18-15-19-48-47-17-10-12-21-56(47)71-61(44)48)32-54(58(55)68)69(59)43-27-28-46-45-16-9-11-20-50(45)67(51(46)37-43)39-22-23-40(67)25-24-39/h9-12,15-21,26-29,32-37,39-40H,13-14,22-25,30-31H2,1-8H3. The number of anilines is 5. The van der Waals surface area contributed by atoms with Crippen LogP contribution in [0, 0.1) is 11.8 Å². The van der Waals surface area contributed by atoms with Gasteiger partial charge in [0.2, 0.25) is 0 Å². The lowest BCUT2D eigenvalue weighted by molar-refractivity contribution is 0.195. The fourth-order valence-corrected chi connectivity index (χ4v) is 18.1. The van der Waals surface area contributed by atoms with Crippen LogP contribution in [0.5, 0.6) is 0 Å². The van der Waals surface area contributed by atoms with E-state index in [1.807, 2.05) is 0 Å². The molecule has 2 atom stereocenters. The van der Waals surface area contributed by atoms with Crippen LogP contribution in [0.2, 0.25) is 0 Å². The Morgan fingerprint density at radius 2 is 1.31 bits per heavy atom. The monoisotopic (exact) mass is 954 g/mol. The Morgan fingerprint density at radius 1 is 0.597 bits per heavy atom. The van der Waals surface area contributed by atoms with E-state index >= 15 is 0 Å². The molecule has 0 radical (unpaired) electrons. The van der Waals surface area contributed by atoms with Gasteiger partial charge in [0, 0.05) is 64.8 Å². The quantitative estimate of drug-likeness (QED) is 0.161. The molecule has 0 amide bonds. The second-order valence-electron chi connectivity index (χ2n) is 25.8. The molecular formula is C67H63BN2OS. The van der Waals surface area contributed by atoms with E-state index in [1.54, 1.807) is 16.7 Å². The van der Waals surface area contributed by atoms with Crippen LogP contribution >= 0.6 is 11.3 Å². The van der Waals surface area contributed by atoms with Crippen LogP contribution in [-0.2, 0) is 21.7 Å². The molecule has 1 spiro atoms. The van der Waals surface area contributed by atoms with Crippen LogP contribution in [-0.4, -0.2) is 12.3 Å². The maximum Gasteiger partial charge on any atom is 0.264 e. The summed E-state index contributed by atoms with van der Waals surface area (Å²) in [4.78, 5) is 5.73. The topological polar surface area (TPSA) is 19.6 Å². The molecule has 2 unspecified atom stereocenters. The predicted octanol–water partition coefficient (Wildman–Crippen LogP) is 16.5. The maximum absolute atomic E-state index is 6.97. The van der Waals surface area contributed by atoms with Crippen molar-refractivity contribution in [1.82, 2.24) is 0 Å². The van der Waals surface area contributed by atoms with Crippen molar-refractivity contribution < 1.29 is 4.42 Å². The van der Waals surface area contributed by atoms with Crippen molar-refractivity contribution in [2.75, 3.05) is 9.80 Å². The summed E-state index contributed by atoms with van der Waals surface area (Å²) in [6, 6.07) is 50.7. The van der Waals surface area contributed by atoms with Crippen molar-refractivity contribution in [1.29, 1.82) is 0 Å². The number of thiophene rings is 1. The molecular weight excluding hydrogens is 892 g/mol. The molecule has 4 aliphatic carbocycles. The van der Waals surface area contributed by atoms with Crippen LogP contribution in [0.3, 0.4) is 0 Å². The van der Waals surface area contributed by atoms with Crippen molar-refractivity contribution >= 4 is 94.2 Å². The molecule has 3 nitrogen and oxygen atoms in total. The van der Waals surface area contributed by atoms with Crippen LogP contribution in [0.25, 0.3) is 54.3 Å². The van der Waals surface area contributed by atoms with Gasteiger partial charge in [-0.05, 0) is 166 Å². The molecule has 0 saturated heterocycles. The lowest BCUT2D eigenvalue weighted by Crippen LogP contribution is -2.64. The van der Waals surface area contributed by atoms with Crippen molar-refractivity contribution in [3.8, 4) is 22.3 Å². The van der Waals surface area contributed by atoms with Gasteiger partial charge in [-0.15, -0.1) is 11.3 Å². The Morgan fingerprint density at radius 3 is 2.11 bits per heavy atom. The average molecular weight is 955 g/mol. The van der Waals surface area contributed by atoms with Gasteiger partial charge < -0.3 is 14.2 Å². The Kier molecular flexibility index (Phi) is 8.12. The normalized spacial score (nSPS) is 25.1. The Balaban J connectivity index is 1.06. The highest BCUT2D eigenvalue weighted by molar-refractivity contribution is 7.33. The number of rotatable bonds is 2. The van der Waals surface area contributed by atoms with E-state index in [0.29, 0.717) is 11.8 Å². The summed E-state index contributed by atoms with van der Waals surface area (Å²) < 4.78 is 9.82. The van der Waals surface area contributed by atoms with Crippen LogP contribution in [0.4, 0.5) is 28.4 Å². The van der Waals surface area contributed by atoms with E-state index in [0.717, 1.165) is 23.2 Å². The van der Waals surface area contributed by atoms with Crippen molar-refractivity contribution in [2.24, 2.45) is 11.8 Å². The van der Waals surface area contributed by atoms with Gasteiger partial charge in [-0.2, -0.15) is 0 Å². The molecule has 5 heteroatoms. The van der Waals surface area contributed by atoms with Gasteiger partial charge in [-0.3, -0.25) is 0 Å². The minimum Gasteiger partial charge on any atom is -0.455 e. The van der Waals surface area contributed by atoms with E-state index < -0.39 is 0 Å². The highest BCUT2D eigenvalue weighted by Gasteiger charge is 2.63. The highest BCUT2D eigenvalue weighted by atomic mass is 32.1. The Bertz CT molecular complexity index is 3880. The van der Waals surface area contributed by atoms with E-state index in [4.69, 9.17) is 4.42 Å². The summed E-state index contributed by atoms with van der Waals surface area (Å²) in [6.07, 6.45) is 10.2. The third-order valence-corrected chi connectivity index (χ3v) is 21.7. The number of hydrogen-bond acceptors (Lipinski definition) is 4. The summed E-state index contributed by atoms with van der Waals surface area (Å²) in [5, 5.41) is 3.72. The molecule has 72 heavy (non-hydrogen) atoms. The maximum atomic E-state index is 6.97. The van der Waals surface area contributed by atoms with Gasteiger partial charge in [0.1, 0.15) is 11.2 Å². The molecule has 7 aliphatic rings. The predicted molar refractivity (Wildman–Crippen MR) is 306 cm³/mol. The second-order valence-corrected chi connectivity index (χ2v) is 26.9. The van der Waals surface area contributed by atoms with Gasteiger partial charge >= 0.3 is 0 Å².